The highest BCUT2D eigenvalue weighted by atomic mass is 32.2. The number of carbonyl (C=O) groups is 2. The molecule has 2 atom stereocenters. The average Bonchev–Trinajstić information content (AvgIpc) is 3.68. The van der Waals surface area contributed by atoms with E-state index in [9.17, 15) is 18.0 Å². The van der Waals surface area contributed by atoms with E-state index >= 15 is 0 Å². The van der Waals surface area contributed by atoms with Crippen LogP contribution in [0.5, 0.6) is 0 Å². The maximum atomic E-state index is 13.1. The van der Waals surface area contributed by atoms with Crippen molar-refractivity contribution in [2.24, 2.45) is 5.73 Å². The molecule has 1 fully saturated rings. The van der Waals surface area contributed by atoms with Crippen LogP contribution in [0, 0.1) is 0 Å². The summed E-state index contributed by atoms with van der Waals surface area (Å²) in [7, 11) is -3.29. The zero-order valence-corrected chi connectivity index (χ0v) is 32.7. The maximum absolute atomic E-state index is 13.1. The molecule has 55 heavy (non-hydrogen) atoms. The first kappa shape index (κ1) is 38.5. The van der Waals surface area contributed by atoms with E-state index in [1.165, 1.54) is 61.0 Å². The summed E-state index contributed by atoms with van der Waals surface area (Å²) in [5, 5.41) is 1.56. The van der Waals surface area contributed by atoms with E-state index in [0.717, 1.165) is 60.8 Å². The van der Waals surface area contributed by atoms with Gasteiger partial charge in [-0.25, -0.2) is 18.0 Å². The number of benzene rings is 3. The second-order valence-corrected chi connectivity index (χ2v) is 17.5. The van der Waals surface area contributed by atoms with Gasteiger partial charge in [0, 0.05) is 34.6 Å². The molecule has 0 spiro atoms. The fourth-order valence-electron chi connectivity index (χ4n) is 7.41. The van der Waals surface area contributed by atoms with Crippen LogP contribution in [-0.2, 0) is 48.2 Å². The highest BCUT2D eigenvalue weighted by Crippen LogP contribution is 2.42. The van der Waals surface area contributed by atoms with E-state index in [-0.39, 0.29) is 12.5 Å². The number of hydrogen-bond acceptors (Lipinski definition) is 8. The third-order valence-corrected chi connectivity index (χ3v) is 13.0. The number of fused-ring (bicyclic) bond motifs is 5. The Labute approximate surface area is 327 Å². The molecular weight excluding hydrogens is 733 g/mol. The minimum Gasteiger partial charge on any atom is -0.445 e. The zero-order valence-electron chi connectivity index (χ0n) is 31.1. The van der Waals surface area contributed by atoms with Gasteiger partial charge in [-0.1, -0.05) is 72.8 Å². The van der Waals surface area contributed by atoms with Crippen LogP contribution in [0.2, 0.25) is 0 Å². The fourth-order valence-corrected chi connectivity index (χ4v) is 9.68. The number of hydroxylamine groups is 1. The van der Waals surface area contributed by atoms with Crippen LogP contribution < -0.4 is 10.8 Å². The van der Waals surface area contributed by atoms with Crippen LogP contribution in [0.25, 0.3) is 33.2 Å². The lowest BCUT2D eigenvalue weighted by molar-refractivity contribution is -0.166. The average molecular weight is 779 g/mol. The Morgan fingerprint density at radius 2 is 1.73 bits per heavy atom. The second kappa shape index (κ2) is 16.9. The first-order valence-corrected chi connectivity index (χ1v) is 21.3. The number of sulfone groups is 1. The van der Waals surface area contributed by atoms with E-state index < -0.39 is 33.4 Å². The van der Waals surface area contributed by atoms with Gasteiger partial charge < -0.3 is 15.2 Å². The number of allylic oxidation sites excluding steroid dienone is 3. The van der Waals surface area contributed by atoms with Crippen LogP contribution in [0.4, 0.5) is 10.5 Å². The monoisotopic (exact) mass is 778 g/mol. The SMILES string of the molecule is CC(C)OC(=O)N(OC1CCCCO1)c1cccc(-c2ccc(C3=Cc4ccc5c(c4CC3)CCc3ccccc3-5)s2)c1.NC(=O)CC1C=CC=CS1(=O)=O. The van der Waals surface area contributed by atoms with Gasteiger partial charge in [0.2, 0.25) is 5.91 Å². The fraction of sp³-hybridized carbons (Fsp3) is 0.318. The molecule has 2 aliphatic carbocycles. The third kappa shape index (κ3) is 9.02. The second-order valence-electron chi connectivity index (χ2n) is 14.3. The summed E-state index contributed by atoms with van der Waals surface area (Å²) in [4.78, 5) is 32.0. The Morgan fingerprint density at radius 1 is 0.909 bits per heavy atom. The predicted octanol–water partition coefficient (Wildman–Crippen LogP) is 9.21. The summed E-state index contributed by atoms with van der Waals surface area (Å²) in [5.74, 6) is -0.608. The molecule has 286 valence electrons. The Morgan fingerprint density at radius 3 is 2.51 bits per heavy atom. The highest BCUT2D eigenvalue weighted by Gasteiger charge is 2.28. The molecule has 4 aromatic rings. The summed E-state index contributed by atoms with van der Waals surface area (Å²) in [6, 6.07) is 25.8. The first-order chi connectivity index (χ1) is 26.6. The lowest BCUT2D eigenvalue weighted by Crippen LogP contribution is -2.39. The lowest BCUT2D eigenvalue weighted by atomic mass is 9.78. The number of amides is 2. The van der Waals surface area contributed by atoms with Crippen LogP contribution in [0.15, 0.2) is 96.4 Å². The Kier molecular flexibility index (Phi) is 11.8. The highest BCUT2D eigenvalue weighted by molar-refractivity contribution is 7.95. The Bertz CT molecular complexity index is 2260. The molecule has 3 aromatic carbocycles. The van der Waals surface area contributed by atoms with Crippen LogP contribution in [-0.4, -0.2) is 44.7 Å². The van der Waals surface area contributed by atoms with Gasteiger partial charge in [-0.3, -0.25) is 4.79 Å². The van der Waals surface area contributed by atoms with E-state index in [1.54, 1.807) is 17.4 Å². The van der Waals surface area contributed by atoms with Crippen molar-refractivity contribution in [2.75, 3.05) is 11.7 Å². The number of anilines is 1. The zero-order chi connectivity index (χ0) is 38.5. The summed E-state index contributed by atoms with van der Waals surface area (Å²) in [6.45, 7) is 4.30. The summed E-state index contributed by atoms with van der Waals surface area (Å²) < 4.78 is 33.6. The van der Waals surface area contributed by atoms with Crippen LogP contribution in [0.3, 0.4) is 0 Å². The van der Waals surface area contributed by atoms with Gasteiger partial charge in [-0.2, -0.15) is 5.06 Å². The van der Waals surface area contributed by atoms with Crippen molar-refractivity contribution in [2.45, 2.75) is 82.9 Å². The standard InChI is InChI=1S/C37H37NO4S.C7H9NO3S/c1-24(2)41-37(39)38(42-36-12-5-6-21-40-36)29-10-7-9-27(23-29)34-19-20-35(43-34)28-15-16-31-26(22-28)14-18-32-30-11-4-3-8-25(30)13-17-33(31)32;8-7(9)5-6-3-1-2-4-12(6,10)11/h3-4,7-11,14,18-20,22-24,36H,5-6,12-13,15-17,21H2,1-2H3;1-4,6H,5H2,(H2,8,9). The molecule has 8 rings (SSSR count). The van der Waals surface area contributed by atoms with Crippen LogP contribution >= 0.6 is 11.3 Å². The van der Waals surface area contributed by atoms with Crippen molar-refractivity contribution < 1.29 is 32.3 Å². The molecule has 11 heteroatoms. The predicted molar refractivity (Wildman–Crippen MR) is 219 cm³/mol. The number of aryl methyl sites for hydroxylation is 1. The van der Waals surface area contributed by atoms with Gasteiger partial charge in [-0.05, 0) is 121 Å². The molecule has 4 aliphatic rings. The number of hydrogen-bond donors (Lipinski definition) is 1. The van der Waals surface area contributed by atoms with Crippen molar-refractivity contribution in [3.05, 3.63) is 124 Å². The summed E-state index contributed by atoms with van der Waals surface area (Å²) in [5.41, 5.74) is 16.6. The number of primary amides is 1. The minimum atomic E-state index is -3.29. The third-order valence-electron chi connectivity index (χ3n) is 10.1. The molecule has 1 saturated heterocycles. The largest absolute Gasteiger partial charge is 0.445 e. The molecule has 2 unspecified atom stereocenters. The molecule has 9 nitrogen and oxygen atoms in total. The van der Waals surface area contributed by atoms with E-state index in [1.807, 2.05) is 32.0 Å². The molecule has 0 bridgehead atoms. The number of nitrogens with zero attached hydrogens (tertiary/aromatic N) is 1. The normalized spacial score (nSPS) is 19.2. The molecular formula is C44H46N2O7S2. The molecule has 3 heterocycles. The summed E-state index contributed by atoms with van der Waals surface area (Å²) >= 11 is 1.79. The molecule has 2 amide bonds. The number of rotatable bonds is 8. The van der Waals surface area contributed by atoms with Gasteiger partial charge in [0.25, 0.3) is 0 Å². The van der Waals surface area contributed by atoms with Crippen molar-refractivity contribution in [1.82, 2.24) is 0 Å². The number of thiophene rings is 1. The van der Waals surface area contributed by atoms with Crippen molar-refractivity contribution in [3.63, 3.8) is 0 Å². The lowest BCUT2D eigenvalue weighted by Gasteiger charge is -2.29. The van der Waals surface area contributed by atoms with E-state index in [2.05, 4.69) is 60.7 Å². The van der Waals surface area contributed by atoms with Crippen molar-refractivity contribution in [1.29, 1.82) is 0 Å². The van der Waals surface area contributed by atoms with Crippen molar-refractivity contribution >= 4 is 50.5 Å². The molecule has 2 aliphatic heterocycles. The van der Waals surface area contributed by atoms with Gasteiger partial charge in [0.15, 0.2) is 16.1 Å². The Hall–Kier alpha value is -4.81. The maximum Gasteiger partial charge on any atom is 0.439 e. The number of ether oxygens (including phenoxy) is 2. The number of carbonyl (C=O) groups excluding carboxylic acids is 2. The van der Waals surface area contributed by atoms with E-state index in [4.69, 9.17) is 20.0 Å². The molecule has 0 radical (unpaired) electrons. The molecule has 0 saturated carbocycles. The number of nitrogens with two attached hydrogens (primary N) is 1. The quantitative estimate of drug-likeness (QED) is 0.177. The molecule has 2 N–H and O–H groups in total. The first-order valence-electron chi connectivity index (χ1n) is 18.9. The van der Waals surface area contributed by atoms with Crippen LogP contribution in [0.1, 0.15) is 73.1 Å². The molecule has 1 aromatic heterocycles. The Balaban J connectivity index is 0.000000333. The minimum absolute atomic E-state index is 0.150. The van der Waals surface area contributed by atoms with E-state index in [0.29, 0.717) is 12.3 Å². The van der Waals surface area contributed by atoms with Gasteiger partial charge in [0.05, 0.1) is 17.0 Å². The van der Waals surface area contributed by atoms with Gasteiger partial charge in [0.1, 0.15) is 0 Å². The van der Waals surface area contributed by atoms with Crippen molar-refractivity contribution in [3.8, 4) is 21.6 Å². The summed E-state index contributed by atoms with van der Waals surface area (Å²) in [6.07, 6.45) is 12.6. The smallest absolute Gasteiger partial charge is 0.439 e. The van der Waals surface area contributed by atoms with Gasteiger partial charge in [-0.15, -0.1) is 11.3 Å². The topological polar surface area (TPSA) is 125 Å². The van der Waals surface area contributed by atoms with Gasteiger partial charge >= 0.3 is 6.09 Å².